The maximum absolute atomic E-state index is 13.1. The Kier molecular flexibility index (Phi) is 5.78. The second-order valence-electron chi connectivity index (χ2n) is 6.36. The van der Waals surface area contributed by atoms with E-state index in [1.54, 1.807) is 11.2 Å². The molecule has 2 aromatic heterocycles. The van der Waals surface area contributed by atoms with E-state index in [4.69, 9.17) is 9.15 Å². The number of hydrogen-bond acceptors (Lipinski definition) is 5. The monoisotopic (exact) mass is 366 g/mol. The van der Waals surface area contributed by atoms with Crippen molar-refractivity contribution in [3.63, 3.8) is 0 Å². The molecule has 0 aliphatic carbocycles. The summed E-state index contributed by atoms with van der Waals surface area (Å²) in [7, 11) is 0. The van der Waals surface area contributed by atoms with Crippen LogP contribution in [0.2, 0.25) is 0 Å². The van der Waals surface area contributed by atoms with Crippen LogP contribution in [0.1, 0.15) is 40.3 Å². The first-order valence-electron chi connectivity index (χ1n) is 8.51. The fourth-order valence-corrected chi connectivity index (χ4v) is 3.40. The van der Waals surface area contributed by atoms with Gasteiger partial charge in [-0.25, -0.2) is 0 Å². The molecule has 0 radical (unpaired) electrons. The van der Waals surface area contributed by atoms with Gasteiger partial charge in [0.1, 0.15) is 5.76 Å². The summed E-state index contributed by atoms with van der Waals surface area (Å²) in [5.41, 5.74) is 2.57. The van der Waals surface area contributed by atoms with E-state index in [1.165, 1.54) is 0 Å². The van der Waals surface area contributed by atoms with Gasteiger partial charge in [0, 0.05) is 43.9 Å². The van der Waals surface area contributed by atoms with E-state index >= 15 is 0 Å². The van der Waals surface area contributed by atoms with Crippen molar-refractivity contribution in [1.29, 1.82) is 0 Å². The molecule has 4 rings (SSSR count). The molecule has 2 aromatic rings. The summed E-state index contributed by atoms with van der Waals surface area (Å²) in [5, 5.41) is 10.6. The number of nitrogens with zero attached hydrogens (tertiary/aromatic N) is 2. The summed E-state index contributed by atoms with van der Waals surface area (Å²) in [6.45, 7) is 3.36. The molecule has 0 spiro atoms. The van der Waals surface area contributed by atoms with E-state index in [9.17, 15) is 4.79 Å². The van der Waals surface area contributed by atoms with Crippen LogP contribution in [-0.4, -0.2) is 46.8 Å². The summed E-state index contributed by atoms with van der Waals surface area (Å²) in [4.78, 5) is 14.9. The molecule has 1 fully saturated rings. The summed E-state index contributed by atoms with van der Waals surface area (Å²) in [5.74, 6) is 0.701. The molecule has 7 nitrogen and oxygen atoms in total. The van der Waals surface area contributed by atoms with E-state index in [1.807, 2.05) is 12.1 Å². The quantitative estimate of drug-likeness (QED) is 0.844. The zero-order valence-electron chi connectivity index (χ0n) is 14.0. The second kappa shape index (κ2) is 8.03. The molecule has 2 N–H and O–H groups in total. The molecule has 1 amide bonds. The zero-order valence-corrected chi connectivity index (χ0v) is 14.8. The molecule has 25 heavy (non-hydrogen) atoms. The number of halogens is 1. The minimum absolute atomic E-state index is 0. The van der Waals surface area contributed by atoms with Gasteiger partial charge in [0.25, 0.3) is 5.91 Å². The third-order valence-electron chi connectivity index (χ3n) is 4.67. The minimum atomic E-state index is -0.0666. The third kappa shape index (κ3) is 3.89. The highest BCUT2D eigenvalue weighted by Gasteiger charge is 2.29. The van der Waals surface area contributed by atoms with Gasteiger partial charge in [0.05, 0.1) is 18.9 Å². The van der Waals surface area contributed by atoms with Crippen molar-refractivity contribution in [2.45, 2.75) is 38.5 Å². The Morgan fingerprint density at radius 1 is 1.44 bits per heavy atom. The normalized spacial score (nSPS) is 19.3. The van der Waals surface area contributed by atoms with Crippen molar-refractivity contribution in [1.82, 2.24) is 20.4 Å². The van der Waals surface area contributed by atoms with Gasteiger partial charge in [-0.05, 0) is 25.0 Å². The number of carbonyl (C=O) groups is 1. The number of aromatic nitrogens is 2. The van der Waals surface area contributed by atoms with Crippen molar-refractivity contribution >= 4 is 18.3 Å². The fourth-order valence-electron chi connectivity index (χ4n) is 3.40. The first-order valence-corrected chi connectivity index (χ1v) is 8.51. The van der Waals surface area contributed by atoms with Crippen LogP contribution < -0.4 is 5.32 Å². The topological polar surface area (TPSA) is 83.4 Å². The first-order chi connectivity index (χ1) is 11.8. The maximum atomic E-state index is 13.1. The number of ether oxygens (including phenoxy) is 1. The van der Waals surface area contributed by atoms with Crippen LogP contribution in [0, 0.1) is 0 Å². The third-order valence-corrected chi connectivity index (χ3v) is 4.67. The highest BCUT2D eigenvalue weighted by Crippen LogP contribution is 2.21. The van der Waals surface area contributed by atoms with Gasteiger partial charge in [-0.3, -0.25) is 9.89 Å². The molecule has 4 heterocycles. The van der Waals surface area contributed by atoms with Crippen molar-refractivity contribution in [2.75, 3.05) is 19.7 Å². The first kappa shape index (κ1) is 18.0. The van der Waals surface area contributed by atoms with Crippen LogP contribution in [0.4, 0.5) is 0 Å². The lowest BCUT2D eigenvalue weighted by molar-refractivity contribution is 0.0486. The predicted molar refractivity (Wildman–Crippen MR) is 93.7 cm³/mol. The van der Waals surface area contributed by atoms with Crippen LogP contribution in [0.5, 0.6) is 0 Å². The number of fused-ring (bicyclic) bond motifs is 1. The van der Waals surface area contributed by atoms with Crippen molar-refractivity contribution < 1.29 is 13.9 Å². The lowest BCUT2D eigenvalue weighted by atomic mass is 10.1. The van der Waals surface area contributed by atoms with Gasteiger partial charge in [-0.15, -0.1) is 12.4 Å². The number of hydrogen-bond donors (Lipinski definition) is 2. The Hall–Kier alpha value is -1.83. The Bertz CT molecular complexity index is 695. The van der Waals surface area contributed by atoms with E-state index in [2.05, 4.69) is 15.5 Å². The SMILES string of the molecule is Cl.O=C(c1n[nH]c2c1CNCC2)N(Cc1ccco1)CC1CCCO1. The molecule has 0 bridgehead atoms. The summed E-state index contributed by atoms with van der Waals surface area (Å²) < 4.78 is 11.2. The number of rotatable bonds is 5. The minimum Gasteiger partial charge on any atom is -0.467 e. The number of H-pyrrole nitrogens is 1. The van der Waals surface area contributed by atoms with E-state index in [-0.39, 0.29) is 24.4 Å². The summed E-state index contributed by atoms with van der Waals surface area (Å²) in [6.07, 6.45) is 4.64. The average Bonchev–Trinajstić information content (AvgIpc) is 3.35. The number of nitrogens with one attached hydrogen (secondary N) is 2. The highest BCUT2D eigenvalue weighted by atomic mass is 35.5. The molecule has 2 aliphatic rings. The molecular formula is C17H23ClN4O3. The Morgan fingerprint density at radius 3 is 3.12 bits per heavy atom. The summed E-state index contributed by atoms with van der Waals surface area (Å²) >= 11 is 0. The van der Waals surface area contributed by atoms with Gasteiger partial charge < -0.3 is 19.4 Å². The Morgan fingerprint density at radius 2 is 2.36 bits per heavy atom. The molecular weight excluding hydrogens is 344 g/mol. The second-order valence-corrected chi connectivity index (χ2v) is 6.36. The molecule has 0 aromatic carbocycles. The largest absolute Gasteiger partial charge is 0.467 e. The van der Waals surface area contributed by atoms with Gasteiger partial charge in [-0.2, -0.15) is 5.10 Å². The standard InChI is InChI=1S/C17H22N4O3.ClH/c22-17(16-14-9-18-6-5-15(14)19-20-16)21(10-12-3-1-7-23-12)11-13-4-2-8-24-13;/h1,3,7,13,18H,2,4-6,8-11H2,(H,19,20);1H. The predicted octanol–water partition coefficient (Wildman–Crippen LogP) is 1.89. The zero-order chi connectivity index (χ0) is 16.4. The smallest absolute Gasteiger partial charge is 0.275 e. The lowest BCUT2D eigenvalue weighted by Crippen LogP contribution is -2.38. The van der Waals surface area contributed by atoms with Crippen LogP contribution >= 0.6 is 12.4 Å². The van der Waals surface area contributed by atoms with Crippen molar-refractivity contribution in [2.24, 2.45) is 0 Å². The van der Waals surface area contributed by atoms with E-state index < -0.39 is 0 Å². The van der Waals surface area contributed by atoms with Crippen LogP contribution in [0.3, 0.4) is 0 Å². The molecule has 2 aliphatic heterocycles. The van der Waals surface area contributed by atoms with Gasteiger partial charge in [0.15, 0.2) is 5.69 Å². The van der Waals surface area contributed by atoms with E-state index in [0.717, 1.165) is 49.4 Å². The lowest BCUT2D eigenvalue weighted by Gasteiger charge is -2.24. The summed E-state index contributed by atoms with van der Waals surface area (Å²) in [6, 6.07) is 3.72. The molecule has 0 saturated carbocycles. The number of aromatic amines is 1. The molecule has 8 heteroatoms. The van der Waals surface area contributed by atoms with Gasteiger partial charge in [-0.1, -0.05) is 0 Å². The van der Waals surface area contributed by atoms with Gasteiger partial charge in [0.2, 0.25) is 0 Å². The van der Waals surface area contributed by atoms with Crippen molar-refractivity contribution in [3.8, 4) is 0 Å². The van der Waals surface area contributed by atoms with Crippen LogP contribution in [0.25, 0.3) is 0 Å². The molecule has 136 valence electrons. The Balaban J connectivity index is 0.00000182. The van der Waals surface area contributed by atoms with Crippen LogP contribution in [-0.2, 0) is 24.2 Å². The highest BCUT2D eigenvalue weighted by molar-refractivity contribution is 5.94. The fraction of sp³-hybridized carbons (Fsp3) is 0.529. The molecule has 1 unspecified atom stereocenters. The number of amides is 1. The average molecular weight is 367 g/mol. The molecule has 1 atom stereocenters. The van der Waals surface area contributed by atoms with Gasteiger partial charge >= 0.3 is 0 Å². The number of furan rings is 1. The van der Waals surface area contributed by atoms with Crippen molar-refractivity contribution in [3.05, 3.63) is 41.1 Å². The number of carbonyl (C=O) groups excluding carboxylic acids is 1. The molecule has 1 saturated heterocycles. The maximum Gasteiger partial charge on any atom is 0.275 e. The Labute approximate surface area is 152 Å². The van der Waals surface area contributed by atoms with Crippen LogP contribution in [0.15, 0.2) is 22.8 Å². The van der Waals surface area contributed by atoms with E-state index in [0.29, 0.717) is 25.3 Å².